The van der Waals surface area contributed by atoms with Gasteiger partial charge in [-0.05, 0) is 23.0 Å². The zero-order chi connectivity index (χ0) is 10.2. The summed E-state index contributed by atoms with van der Waals surface area (Å²) in [6.07, 6.45) is 1.12. The van der Waals surface area contributed by atoms with E-state index in [0.29, 0.717) is 6.04 Å². The third-order valence-electron chi connectivity index (χ3n) is 3.03. The molecule has 0 aliphatic heterocycles. The molecule has 2 heteroatoms. The van der Waals surface area contributed by atoms with Crippen molar-refractivity contribution >= 4 is 0 Å². The number of rotatable bonds is 2. The highest BCUT2D eigenvalue weighted by atomic mass is 16.6. The first kappa shape index (κ1) is 9.69. The van der Waals surface area contributed by atoms with Gasteiger partial charge in [-0.2, -0.15) is 5.48 Å². The fourth-order valence-corrected chi connectivity index (χ4v) is 2.33. The SMILES string of the molecule is CONC1c2ccccc2CC1(C)C. The Bertz CT molecular complexity index is 333. The van der Waals surface area contributed by atoms with E-state index in [0.717, 1.165) is 6.42 Å². The molecule has 14 heavy (non-hydrogen) atoms. The third kappa shape index (κ3) is 1.45. The van der Waals surface area contributed by atoms with Gasteiger partial charge in [0.2, 0.25) is 0 Å². The molecule has 0 saturated heterocycles. The zero-order valence-corrected chi connectivity index (χ0v) is 9.00. The predicted molar refractivity (Wildman–Crippen MR) is 56.8 cm³/mol. The van der Waals surface area contributed by atoms with Crippen LogP contribution in [0.3, 0.4) is 0 Å². The summed E-state index contributed by atoms with van der Waals surface area (Å²) in [5.41, 5.74) is 6.14. The van der Waals surface area contributed by atoms with Crippen molar-refractivity contribution in [1.82, 2.24) is 5.48 Å². The van der Waals surface area contributed by atoms with Crippen LogP contribution in [0, 0.1) is 5.41 Å². The largest absolute Gasteiger partial charge is 0.304 e. The van der Waals surface area contributed by atoms with Crippen molar-refractivity contribution in [3.63, 3.8) is 0 Å². The number of hydrogen-bond acceptors (Lipinski definition) is 2. The summed E-state index contributed by atoms with van der Waals surface area (Å²) in [5, 5.41) is 0. The first-order valence-electron chi connectivity index (χ1n) is 5.01. The van der Waals surface area contributed by atoms with E-state index >= 15 is 0 Å². The molecule has 1 aliphatic rings. The van der Waals surface area contributed by atoms with Gasteiger partial charge < -0.3 is 4.84 Å². The highest BCUT2D eigenvalue weighted by Gasteiger charge is 2.38. The molecule has 1 unspecified atom stereocenters. The van der Waals surface area contributed by atoms with E-state index in [2.05, 4.69) is 43.6 Å². The standard InChI is InChI=1S/C12H17NO/c1-12(2)8-9-6-4-5-7-10(9)11(12)13-14-3/h4-7,11,13H,8H2,1-3H3. The van der Waals surface area contributed by atoms with E-state index in [1.807, 2.05) is 0 Å². The Kier molecular flexibility index (Phi) is 2.33. The first-order chi connectivity index (χ1) is 6.65. The molecule has 76 valence electrons. The van der Waals surface area contributed by atoms with E-state index in [1.54, 1.807) is 7.11 Å². The van der Waals surface area contributed by atoms with Crippen molar-refractivity contribution in [3.05, 3.63) is 35.4 Å². The molecule has 1 aliphatic carbocycles. The van der Waals surface area contributed by atoms with Gasteiger partial charge in [0.1, 0.15) is 0 Å². The lowest BCUT2D eigenvalue weighted by molar-refractivity contribution is 0.0252. The van der Waals surface area contributed by atoms with Gasteiger partial charge in [0.05, 0.1) is 13.2 Å². The molecule has 1 aromatic rings. The number of nitrogens with one attached hydrogen (secondary N) is 1. The second kappa shape index (κ2) is 3.37. The minimum Gasteiger partial charge on any atom is -0.304 e. The van der Waals surface area contributed by atoms with Crippen molar-refractivity contribution < 1.29 is 4.84 Å². The van der Waals surface area contributed by atoms with E-state index in [9.17, 15) is 0 Å². The number of hydrogen-bond donors (Lipinski definition) is 1. The first-order valence-corrected chi connectivity index (χ1v) is 5.01. The van der Waals surface area contributed by atoms with Crippen LogP contribution in [0.5, 0.6) is 0 Å². The van der Waals surface area contributed by atoms with Gasteiger partial charge in [0.25, 0.3) is 0 Å². The average Bonchev–Trinajstić information content (AvgIpc) is 2.39. The quantitative estimate of drug-likeness (QED) is 0.725. The maximum absolute atomic E-state index is 5.07. The summed E-state index contributed by atoms with van der Waals surface area (Å²) in [7, 11) is 1.68. The van der Waals surface area contributed by atoms with Crippen molar-refractivity contribution in [2.75, 3.05) is 7.11 Å². The minimum absolute atomic E-state index is 0.236. The molecule has 0 heterocycles. The zero-order valence-electron chi connectivity index (χ0n) is 9.00. The van der Waals surface area contributed by atoms with Crippen LogP contribution in [0.15, 0.2) is 24.3 Å². The Morgan fingerprint density at radius 3 is 2.79 bits per heavy atom. The van der Waals surface area contributed by atoms with Gasteiger partial charge in [-0.3, -0.25) is 0 Å². The molecule has 0 radical (unpaired) electrons. The topological polar surface area (TPSA) is 21.3 Å². The fraction of sp³-hybridized carbons (Fsp3) is 0.500. The highest BCUT2D eigenvalue weighted by molar-refractivity contribution is 5.37. The Morgan fingerprint density at radius 2 is 2.07 bits per heavy atom. The van der Waals surface area contributed by atoms with Crippen molar-refractivity contribution in [3.8, 4) is 0 Å². The molecule has 2 rings (SSSR count). The van der Waals surface area contributed by atoms with Gasteiger partial charge in [0.15, 0.2) is 0 Å². The number of hydroxylamine groups is 1. The summed E-state index contributed by atoms with van der Waals surface area (Å²) in [5.74, 6) is 0. The van der Waals surface area contributed by atoms with Gasteiger partial charge in [0, 0.05) is 0 Å². The summed E-state index contributed by atoms with van der Waals surface area (Å²) in [6.45, 7) is 4.54. The molecule has 1 N–H and O–H groups in total. The van der Waals surface area contributed by atoms with Crippen molar-refractivity contribution in [1.29, 1.82) is 0 Å². The van der Waals surface area contributed by atoms with Gasteiger partial charge in [-0.1, -0.05) is 38.1 Å². The van der Waals surface area contributed by atoms with Crippen LogP contribution < -0.4 is 5.48 Å². The van der Waals surface area contributed by atoms with Gasteiger partial charge >= 0.3 is 0 Å². The summed E-state index contributed by atoms with van der Waals surface area (Å²) in [6, 6.07) is 8.88. The van der Waals surface area contributed by atoms with E-state index in [-0.39, 0.29) is 5.41 Å². The van der Waals surface area contributed by atoms with Crippen LogP contribution in [0.2, 0.25) is 0 Å². The minimum atomic E-state index is 0.236. The predicted octanol–water partition coefficient (Wildman–Crippen LogP) is 2.46. The molecular formula is C12H17NO. The lowest BCUT2D eigenvalue weighted by atomic mass is 9.86. The average molecular weight is 191 g/mol. The molecule has 0 saturated carbocycles. The van der Waals surface area contributed by atoms with E-state index in [1.165, 1.54) is 11.1 Å². The van der Waals surface area contributed by atoms with E-state index < -0.39 is 0 Å². The maximum Gasteiger partial charge on any atom is 0.0628 e. The van der Waals surface area contributed by atoms with Crippen LogP contribution >= 0.6 is 0 Å². The molecule has 0 bridgehead atoms. The maximum atomic E-state index is 5.07. The van der Waals surface area contributed by atoms with Crippen LogP contribution in [0.25, 0.3) is 0 Å². The Labute approximate surface area is 85.2 Å². The van der Waals surface area contributed by atoms with Crippen molar-refractivity contribution in [2.24, 2.45) is 5.41 Å². The Morgan fingerprint density at radius 1 is 1.36 bits per heavy atom. The van der Waals surface area contributed by atoms with Crippen LogP contribution in [-0.4, -0.2) is 7.11 Å². The number of benzene rings is 1. The Hall–Kier alpha value is -0.860. The molecule has 0 fully saturated rings. The van der Waals surface area contributed by atoms with Crippen molar-refractivity contribution in [2.45, 2.75) is 26.3 Å². The molecule has 0 aromatic heterocycles. The monoisotopic (exact) mass is 191 g/mol. The molecule has 1 atom stereocenters. The summed E-state index contributed by atoms with van der Waals surface area (Å²) >= 11 is 0. The third-order valence-corrected chi connectivity index (χ3v) is 3.03. The summed E-state index contributed by atoms with van der Waals surface area (Å²) in [4.78, 5) is 5.07. The smallest absolute Gasteiger partial charge is 0.0628 e. The molecule has 0 amide bonds. The van der Waals surface area contributed by atoms with Gasteiger partial charge in [-0.15, -0.1) is 0 Å². The summed E-state index contributed by atoms with van der Waals surface area (Å²) < 4.78 is 0. The second-order valence-corrected chi connectivity index (χ2v) is 4.62. The molecular weight excluding hydrogens is 174 g/mol. The number of fused-ring (bicyclic) bond motifs is 1. The van der Waals surface area contributed by atoms with Crippen LogP contribution in [-0.2, 0) is 11.3 Å². The van der Waals surface area contributed by atoms with Gasteiger partial charge in [-0.25, -0.2) is 0 Å². The Balaban J connectivity index is 2.37. The molecule has 1 aromatic carbocycles. The van der Waals surface area contributed by atoms with E-state index in [4.69, 9.17) is 4.84 Å². The molecule has 0 spiro atoms. The van der Waals surface area contributed by atoms with Crippen LogP contribution in [0.1, 0.15) is 31.0 Å². The lowest BCUT2D eigenvalue weighted by Crippen LogP contribution is -2.30. The second-order valence-electron chi connectivity index (χ2n) is 4.62. The lowest BCUT2D eigenvalue weighted by Gasteiger charge is -2.27. The highest BCUT2D eigenvalue weighted by Crippen LogP contribution is 2.44. The molecule has 2 nitrogen and oxygen atoms in total. The normalized spacial score (nSPS) is 23.5. The van der Waals surface area contributed by atoms with Crippen LogP contribution in [0.4, 0.5) is 0 Å². The fourth-order valence-electron chi connectivity index (χ4n) is 2.33.